The second-order valence-corrected chi connectivity index (χ2v) is 5.79. The predicted octanol–water partition coefficient (Wildman–Crippen LogP) is 3.90. The summed E-state index contributed by atoms with van der Waals surface area (Å²) >= 11 is 0. The van der Waals surface area contributed by atoms with E-state index in [9.17, 15) is 0 Å². The maximum Gasteiger partial charge on any atom is 0.0349 e. The van der Waals surface area contributed by atoms with Gasteiger partial charge in [0.15, 0.2) is 0 Å². The molecule has 19 heavy (non-hydrogen) atoms. The number of benzene rings is 1. The van der Waals surface area contributed by atoms with Crippen LogP contribution < -0.4 is 5.32 Å². The van der Waals surface area contributed by atoms with E-state index in [0.29, 0.717) is 0 Å². The lowest BCUT2D eigenvalue weighted by Gasteiger charge is -2.27. The first kappa shape index (κ1) is 14.0. The van der Waals surface area contributed by atoms with E-state index in [0.717, 1.165) is 19.5 Å². The summed E-state index contributed by atoms with van der Waals surface area (Å²) in [5.41, 5.74) is 1.57. The average molecular weight is 256 g/mol. The summed E-state index contributed by atoms with van der Waals surface area (Å²) in [4.78, 5) is 4.28. The lowest BCUT2D eigenvalue weighted by Crippen LogP contribution is -2.26. The number of nitrogens with one attached hydrogen (secondary N) is 1. The summed E-state index contributed by atoms with van der Waals surface area (Å²) < 4.78 is 0. The van der Waals surface area contributed by atoms with Crippen molar-refractivity contribution in [1.82, 2.24) is 10.3 Å². The second kappa shape index (κ2) is 6.16. The van der Waals surface area contributed by atoms with Gasteiger partial charge in [0.2, 0.25) is 0 Å². The summed E-state index contributed by atoms with van der Waals surface area (Å²) in [6.45, 7) is 9.02. The molecule has 0 bridgehead atoms. The van der Waals surface area contributed by atoms with Crippen LogP contribution in [0.3, 0.4) is 0 Å². The average Bonchev–Trinajstić information content (AvgIpc) is 2.43. The van der Waals surface area contributed by atoms with Gasteiger partial charge in [-0.1, -0.05) is 39.0 Å². The van der Waals surface area contributed by atoms with Crippen molar-refractivity contribution in [3.8, 4) is 0 Å². The fourth-order valence-electron chi connectivity index (χ4n) is 2.54. The van der Waals surface area contributed by atoms with E-state index in [2.05, 4.69) is 55.3 Å². The van der Waals surface area contributed by atoms with Crippen molar-refractivity contribution in [2.24, 2.45) is 0 Å². The molecule has 0 amide bonds. The Hall–Kier alpha value is -1.41. The summed E-state index contributed by atoms with van der Waals surface area (Å²) in [6.07, 6.45) is 6.19. The Morgan fingerprint density at radius 1 is 1.16 bits per heavy atom. The van der Waals surface area contributed by atoms with Crippen LogP contribution in [0.2, 0.25) is 0 Å². The molecular weight excluding hydrogens is 232 g/mol. The predicted molar refractivity (Wildman–Crippen MR) is 82.5 cm³/mol. The number of nitrogens with zero attached hydrogens (tertiary/aromatic N) is 1. The van der Waals surface area contributed by atoms with Gasteiger partial charge in [0.25, 0.3) is 0 Å². The third-order valence-corrected chi connectivity index (χ3v) is 3.77. The highest BCUT2D eigenvalue weighted by Crippen LogP contribution is 2.32. The zero-order valence-electron chi connectivity index (χ0n) is 12.2. The molecule has 1 heterocycles. The minimum Gasteiger partial charge on any atom is -0.317 e. The Balaban J connectivity index is 2.22. The highest BCUT2D eigenvalue weighted by atomic mass is 14.8. The Morgan fingerprint density at radius 2 is 2.00 bits per heavy atom. The fraction of sp³-hybridized carbons (Fsp3) is 0.471. The van der Waals surface area contributed by atoms with Gasteiger partial charge >= 0.3 is 0 Å². The normalized spacial score (nSPS) is 11.9. The number of pyridine rings is 1. The maximum absolute atomic E-state index is 4.28. The van der Waals surface area contributed by atoms with Gasteiger partial charge in [0, 0.05) is 17.8 Å². The van der Waals surface area contributed by atoms with Crippen LogP contribution in [-0.4, -0.2) is 18.1 Å². The highest BCUT2D eigenvalue weighted by Gasteiger charge is 2.22. The zero-order chi connectivity index (χ0) is 13.7. The summed E-state index contributed by atoms with van der Waals surface area (Å²) in [7, 11) is 0. The third kappa shape index (κ3) is 3.32. The Morgan fingerprint density at radius 3 is 2.79 bits per heavy atom. The van der Waals surface area contributed by atoms with E-state index in [1.54, 1.807) is 0 Å². The smallest absolute Gasteiger partial charge is 0.0349 e. The SMILES string of the molecule is CCCNCCC(C)(C)c1cccc2ccncc12. The fourth-order valence-corrected chi connectivity index (χ4v) is 2.54. The first-order valence-electron chi connectivity index (χ1n) is 7.19. The van der Waals surface area contributed by atoms with Crippen LogP contribution in [0.1, 0.15) is 39.2 Å². The van der Waals surface area contributed by atoms with Gasteiger partial charge < -0.3 is 5.32 Å². The first-order chi connectivity index (χ1) is 9.15. The topological polar surface area (TPSA) is 24.9 Å². The Kier molecular flexibility index (Phi) is 4.54. The van der Waals surface area contributed by atoms with E-state index in [1.807, 2.05) is 12.4 Å². The van der Waals surface area contributed by atoms with Crippen molar-refractivity contribution >= 4 is 10.8 Å². The number of fused-ring (bicyclic) bond motifs is 1. The molecule has 1 N–H and O–H groups in total. The lowest BCUT2D eigenvalue weighted by molar-refractivity contribution is 0.460. The van der Waals surface area contributed by atoms with Gasteiger partial charge in [-0.3, -0.25) is 4.98 Å². The molecule has 1 aromatic carbocycles. The van der Waals surface area contributed by atoms with Gasteiger partial charge in [-0.15, -0.1) is 0 Å². The molecule has 0 atom stereocenters. The van der Waals surface area contributed by atoms with Crippen LogP contribution >= 0.6 is 0 Å². The van der Waals surface area contributed by atoms with Gasteiger partial charge in [0.05, 0.1) is 0 Å². The van der Waals surface area contributed by atoms with Crippen LogP contribution in [0.5, 0.6) is 0 Å². The van der Waals surface area contributed by atoms with Gasteiger partial charge in [-0.2, -0.15) is 0 Å². The van der Waals surface area contributed by atoms with Crippen LogP contribution in [0, 0.1) is 0 Å². The summed E-state index contributed by atoms with van der Waals surface area (Å²) in [6, 6.07) is 8.64. The minimum absolute atomic E-state index is 0.170. The molecule has 0 unspecified atom stereocenters. The summed E-state index contributed by atoms with van der Waals surface area (Å²) in [5, 5.41) is 6.06. The second-order valence-electron chi connectivity index (χ2n) is 5.79. The van der Waals surface area contributed by atoms with Crippen molar-refractivity contribution < 1.29 is 0 Å². The number of rotatable bonds is 6. The number of aromatic nitrogens is 1. The molecule has 102 valence electrons. The Bertz CT molecular complexity index is 526. The molecule has 2 aromatic rings. The largest absolute Gasteiger partial charge is 0.317 e. The van der Waals surface area contributed by atoms with Crippen LogP contribution in [0.4, 0.5) is 0 Å². The molecule has 0 fully saturated rings. The van der Waals surface area contributed by atoms with E-state index >= 15 is 0 Å². The lowest BCUT2D eigenvalue weighted by atomic mass is 9.79. The molecule has 2 nitrogen and oxygen atoms in total. The standard InChI is InChI=1S/C17H24N2/c1-4-10-18-12-9-17(2,3)16-7-5-6-14-8-11-19-13-15(14)16/h5-8,11,13,18H,4,9-10,12H2,1-3H3. The molecule has 0 radical (unpaired) electrons. The molecule has 0 aliphatic rings. The van der Waals surface area contributed by atoms with Crippen LogP contribution in [0.25, 0.3) is 10.8 Å². The van der Waals surface area contributed by atoms with Crippen molar-refractivity contribution in [2.75, 3.05) is 13.1 Å². The van der Waals surface area contributed by atoms with E-state index < -0.39 is 0 Å². The van der Waals surface area contributed by atoms with Crippen LogP contribution in [-0.2, 0) is 5.41 Å². The van der Waals surface area contributed by atoms with E-state index in [1.165, 1.54) is 22.8 Å². The van der Waals surface area contributed by atoms with Gasteiger partial charge in [0.1, 0.15) is 0 Å². The monoisotopic (exact) mass is 256 g/mol. The number of hydrogen-bond acceptors (Lipinski definition) is 2. The first-order valence-corrected chi connectivity index (χ1v) is 7.19. The molecule has 1 aromatic heterocycles. The zero-order valence-corrected chi connectivity index (χ0v) is 12.2. The van der Waals surface area contributed by atoms with Crippen molar-refractivity contribution in [1.29, 1.82) is 0 Å². The van der Waals surface area contributed by atoms with Gasteiger partial charge in [-0.05, 0) is 48.4 Å². The quantitative estimate of drug-likeness (QED) is 0.793. The Labute approximate surface area is 116 Å². The molecule has 0 spiro atoms. The molecule has 0 saturated carbocycles. The van der Waals surface area contributed by atoms with E-state index in [4.69, 9.17) is 0 Å². The molecule has 0 saturated heterocycles. The van der Waals surface area contributed by atoms with Crippen LogP contribution in [0.15, 0.2) is 36.7 Å². The molecular formula is C17H24N2. The molecule has 2 rings (SSSR count). The third-order valence-electron chi connectivity index (χ3n) is 3.77. The van der Waals surface area contributed by atoms with Gasteiger partial charge in [-0.25, -0.2) is 0 Å². The molecule has 0 aliphatic heterocycles. The molecule has 2 heteroatoms. The van der Waals surface area contributed by atoms with Crippen molar-refractivity contribution in [3.05, 3.63) is 42.2 Å². The van der Waals surface area contributed by atoms with E-state index in [-0.39, 0.29) is 5.41 Å². The highest BCUT2D eigenvalue weighted by molar-refractivity contribution is 5.85. The number of hydrogen-bond donors (Lipinski definition) is 1. The van der Waals surface area contributed by atoms with Crippen molar-refractivity contribution in [3.63, 3.8) is 0 Å². The van der Waals surface area contributed by atoms with Crippen molar-refractivity contribution in [2.45, 2.75) is 39.0 Å². The summed E-state index contributed by atoms with van der Waals surface area (Å²) in [5.74, 6) is 0. The maximum atomic E-state index is 4.28. The minimum atomic E-state index is 0.170. The molecule has 0 aliphatic carbocycles.